The molecule has 0 amide bonds. The molecule has 1 aliphatic heterocycles. The van der Waals surface area contributed by atoms with Crippen molar-refractivity contribution < 1.29 is 9.90 Å². The van der Waals surface area contributed by atoms with Crippen molar-refractivity contribution in [1.29, 1.82) is 0 Å². The highest BCUT2D eigenvalue weighted by molar-refractivity contribution is 5.81. The van der Waals surface area contributed by atoms with Crippen LogP contribution < -0.4 is 5.32 Å². The summed E-state index contributed by atoms with van der Waals surface area (Å²) in [5, 5.41) is 11.6. The minimum atomic E-state index is -0.835. The molecule has 0 saturated heterocycles. The molecule has 10 heavy (non-hydrogen) atoms. The van der Waals surface area contributed by atoms with Gasteiger partial charge in [-0.1, -0.05) is 12.2 Å². The van der Waals surface area contributed by atoms with Crippen LogP contribution in [0, 0.1) is 0 Å². The van der Waals surface area contributed by atoms with Crippen molar-refractivity contribution in [3.05, 3.63) is 12.2 Å². The standard InChI is InChI=1S/C7H11NO2/c1-7(6(9)10)4-2-3-5-8-7/h2,4,8H,3,5H2,1H3,(H,9,10). The second-order valence-electron chi connectivity index (χ2n) is 2.63. The van der Waals surface area contributed by atoms with E-state index in [0.717, 1.165) is 13.0 Å². The van der Waals surface area contributed by atoms with Crippen molar-refractivity contribution in [1.82, 2.24) is 5.32 Å². The molecule has 1 unspecified atom stereocenters. The van der Waals surface area contributed by atoms with Gasteiger partial charge in [-0.05, 0) is 19.9 Å². The molecule has 2 N–H and O–H groups in total. The molecule has 0 radical (unpaired) electrons. The van der Waals surface area contributed by atoms with E-state index in [4.69, 9.17) is 5.11 Å². The van der Waals surface area contributed by atoms with Gasteiger partial charge >= 0.3 is 5.97 Å². The summed E-state index contributed by atoms with van der Waals surface area (Å²) in [6, 6.07) is 0. The average Bonchev–Trinajstić information content (AvgIpc) is 1.89. The highest BCUT2D eigenvalue weighted by atomic mass is 16.4. The van der Waals surface area contributed by atoms with E-state index in [9.17, 15) is 4.79 Å². The van der Waals surface area contributed by atoms with Crippen molar-refractivity contribution in [3.63, 3.8) is 0 Å². The Labute approximate surface area is 59.7 Å². The molecule has 1 aliphatic rings. The molecule has 1 heterocycles. The predicted octanol–water partition coefficient (Wildman–Crippen LogP) is 0.379. The topological polar surface area (TPSA) is 49.3 Å². The highest BCUT2D eigenvalue weighted by Crippen LogP contribution is 2.10. The Balaban J connectivity index is 2.75. The number of nitrogens with one attached hydrogen (secondary N) is 1. The van der Waals surface area contributed by atoms with Crippen LogP contribution in [0.25, 0.3) is 0 Å². The maximum absolute atomic E-state index is 10.6. The lowest BCUT2D eigenvalue weighted by molar-refractivity contribution is -0.142. The summed E-state index contributed by atoms with van der Waals surface area (Å²) in [6.45, 7) is 2.41. The van der Waals surface area contributed by atoms with Crippen molar-refractivity contribution >= 4 is 5.97 Å². The molecule has 56 valence electrons. The van der Waals surface area contributed by atoms with Crippen molar-refractivity contribution in [2.24, 2.45) is 0 Å². The largest absolute Gasteiger partial charge is 0.480 e. The van der Waals surface area contributed by atoms with Crippen LogP contribution in [0.1, 0.15) is 13.3 Å². The average molecular weight is 141 g/mol. The minimum absolute atomic E-state index is 0.749. The Morgan fingerprint density at radius 1 is 1.80 bits per heavy atom. The van der Waals surface area contributed by atoms with Gasteiger partial charge in [0.2, 0.25) is 0 Å². The van der Waals surface area contributed by atoms with E-state index in [-0.39, 0.29) is 0 Å². The molecule has 0 aromatic rings. The molecule has 3 heteroatoms. The maximum atomic E-state index is 10.6. The van der Waals surface area contributed by atoms with Gasteiger partial charge in [-0.3, -0.25) is 5.32 Å². The van der Waals surface area contributed by atoms with E-state index in [1.165, 1.54) is 0 Å². The van der Waals surface area contributed by atoms with Gasteiger partial charge in [-0.15, -0.1) is 0 Å². The van der Waals surface area contributed by atoms with Gasteiger partial charge < -0.3 is 5.11 Å². The first-order valence-electron chi connectivity index (χ1n) is 3.31. The summed E-state index contributed by atoms with van der Waals surface area (Å²) in [4.78, 5) is 10.6. The summed E-state index contributed by atoms with van der Waals surface area (Å²) in [6.07, 6.45) is 4.51. The second kappa shape index (κ2) is 2.42. The molecule has 3 nitrogen and oxygen atoms in total. The maximum Gasteiger partial charge on any atom is 0.327 e. The summed E-state index contributed by atoms with van der Waals surface area (Å²) >= 11 is 0. The Hall–Kier alpha value is -0.830. The van der Waals surface area contributed by atoms with Crippen molar-refractivity contribution in [2.45, 2.75) is 18.9 Å². The molecule has 0 saturated carbocycles. The van der Waals surface area contributed by atoms with E-state index in [0.29, 0.717) is 0 Å². The minimum Gasteiger partial charge on any atom is -0.480 e. The number of hydrogen-bond donors (Lipinski definition) is 2. The molecule has 1 rings (SSSR count). The van der Waals surface area contributed by atoms with Crippen LogP contribution in [0.15, 0.2) is 12.2 Å². The van der Waals surface area contributed by atoms with Crippen LogP contribution in [0.4, 0.5) is 0 Å². The smallest absolute Gasteiger partial charge is 0.327 e. The number of rotatable bonds is 1. The third-order valence-corrected chi connectivity index (χ3v) is 1.70. The summed E-state index contributed by atoms with van der Waals surface area (Å²) < 4.78 is 0. The molecule has 1 atom stereocenters. The van der Waals surface area contributed by atoms with Gasteiger partial charge in [-0.25, -0.2) is 4.79 Å². The number of carboxylic acid groups (broad SMARTS) is 1. The zero-order valence-electron chi connectivity index (χ0n) is 5.92. The Morgan fingerprint density at radius 2 is 2.50 bits per heavy atom. The first kappa shape index (κ1) is 7.28. The number of aliphatic carboxylic acids is 1. The predicted molar refractivity (Wildman–Crippen MR) is 37.8 cm³/mol. The fourth-order valence-electron chi connectivity index (χ4n) is 0.940. The highest BCUT2D eigenvalue weighted by Gasteiger charge is 2.30. The van der Waals surface area contributed by atoms with Crippen molar-refractivity contribution in [3.8, 4) is 0 Å². The zero-order valence-corrected chi connectivity index (χ0v) is 5.92. The van der Waals surface area contributed by atoms with Gasteiger partial charge in [-0.2, -0.15) is 0 Å². The van der Waals surface area contributed by atoms with Crippen LogP contribution in [0.5, 0.6) is 0 Å². The Bertz CT molecular complexity index is 176. The fraction of sp³-hybridized carbons (Fsp3) is 0.571. The first-order valence-corrected chi connectivity index (χ1v) is 3.31. The summed E-state index contributed by atoms with van der Waals surface area (Å²) in [5.41, 5.74) is -0.835. The van der Waals surface area contributed by atoms with Crippen LogP contribution in [0.3, 0.4) is 0 Å². The van der Waals surface area contributed by atoms with Crippen LogP contribution >= 0.6 is 0 Å². The fourth-order valence-corrected chi connectivity index (χ4v) is 0.940. The van der Waals surface area contributed by atoms with E-state index in [1.54, 1.807) is 13.0 Å². The van der Waals surface area contributed by atoms with E-state index in [2.05, 4.69) is 5.32 Å². The van der Waals surface area contributed by atoms with Gasteiger partial charge in [0.25, 0.3) is 0 Å². The number of carboxylic acids is 1. The van der Waals surface area contributed by atoms with E-state index >= 15 is 0 Å². The van der Waals surface area contributed by atoms with Gasteiger partial charge in [0, 0.05) is 0 Å². The zero-order chi connectivity index (χ0) is 7.61. The lowest BCUT2D eigenvalue weighted by Crippen LogP contribution is -2.49. The summed E-state index contributed by atoms with van der Waals surface area (Å²) in [5.74, 6) is -0.816. The summed E-state index contributed by atoms with van der Waals surface area (Å²) in [7, 11) is 0. The quantitative estimate of drug-likeness (QED) is 0.519. The molecule has 0 aliphatic carbocycles. The number of hydrogen-bond acceptors (Lipinski definition) is 2. The van der Waals surface area contributed by atoms with Gasteiger partial charge in [0.15, 0.2) is 0 Å². The molecule has 0 aromatic carbocycles. The Kier molecular flexibility index (Phi) is 1.76. The van der Waals surface area contributed by atoms with Crippen molar-refractivity contribution in [2.75, 3.05) is 6.54 Å². The number of carbonyl (C=O) groups is 1. The van der Waals surface area contributed by atoms with Crippen LogP contribution in [-0.2, 0) is 4.79 Å². The molecule has 0 bridgehead atoms. The third-order valence-electron chi connectivity index (χ3n) is 1.70. The molecule has 0 spiro atoms. The molecular weight excluding hydrogens is 130 g/mol. The Morgan fingerprint density at radius 3 is 2.80 bits per heavy atom. The van der Waals surface area contributed by atoms with E-state index in [1.807, 2.05) is 6.08 Å². The lowest BCUT2D eigenvalue weighted by Gasteiger charge is -2.25. The van der Waals surface area contributed by atoms with Gasteiger partial charge in [0.05, 0.1) is 0 Å². The normalized spacial score (nSPS) is 32.1. The SMILES string of the molecule is CC1(C(=O)O)C=CCCN1. The first-order chi connectivity index (χ1) is 4.65. The molecule has 0 fully saturated rings. The molecule has 0 aromatic heterocycles. The third kappa shape index (κ3) is 1.19. The monoisotopic (exact) mass is 141 g/mol. The van der Waals surface area contributed by atoms with Crippen LogP contribution in [-0.4, -0.2) is 23.2 Å². The van der Waals surface area contributed by atoms with Crippen LogP contribution in [0.2, 0.25) is 0 Å². The second-order valence-corrected chi connectivity index (χ2v) is 2.63. The lowest BCUT2D eigenvalue weighted by atomic mass is 9.99. The van der Waals surface area contributed by atoms with Gasteiger partial charge in [0.1, 0.15) is 5.54 Å². The van der Waals surface area contributed by atoms with E-state index < -0.39 is 11.5 Å². The molecular formula is C7H11NO2.